The molecule has 1 saturated heterocycles. The molecule has 32 heavy (non-hydrogen) atoms. The average molecular weight is 472 g/mol. The molecule has 0 saturated carbocycles. The third-order valence-electron chi connectivity index (χ3n) is 4.51. The van der Waals surface area contributed by atoms with Gasteiger partial charge in [0.25, 0.3) is 11.6 Å². The molecule has 1 aliphatic heterocycles. The molecule has 1 aliphatic rings. The zero-order chi connectivity index (χ0) is 23.1. The van der Waals surface area contributed by atoms with Crippen LogP contribution in [0.2, 0.25) is 0 Å². The smallest absolute Gasteiger partial charge is 0.269 e. The summed E-state index contributed by atoms with van der Waals surface area (Å²) in [6, 6.07) is 13.0. The Hall–Kier alpha value is -3.24. The summed E-state index contributed by atoms with van der Waals surface area (Å²) in [5.41, 5.74) is 1.33. The van der Waals surface area contributed by atoms with Crippen molar-refractivity contribution in [2.75, 3.05) is 18.5 Å². The SMILES string of the molecule is CCOc1ccc(NC(=O)CCCN2C(=O)/C(=C/c3ccc([N+](=O)[O-])cc3)SC2=S)cc1. The number of ether oxygens (including phenoxy) is 1. The number of thioether (sulfide) groups is 1. The quantitative estimate of drug-likeness (QED) is 0.247. The van der Waals surface area contributed by atoms with Crippen LogP contribution in [0.25, 0.3) is 6.08 Å². The van der Waals surface area contributed by atoms with Gasteiger partial charge >= 0.3 is 0 Å². The van der Waals surface area contributed by atoms with E-state index in [9.17, 15) is 19.7 Å². The average Bonchev–Trinajstić information content (AvgIpc) is 3.03. The second-order valence-electron chi connectivity index (χ2n) is 6.79. The van der Waals surface area contributed by atoms with Crippen LogP contribution in [-0.2, 0) is 9.59 Å². The second-order valence-corrected chi connectivity index (χ2v) is 8.47. The monoisotopic (exact) mass is 471 g/mol. The molecule has 0 spiro atoms. The van der Waals surface area contributed by atoms with Crippen LogP contribution in [0.1, 0.15) is 25.3 Å². The number of carbonyl (C=O) groups excluding carboxylic acids is 2. The molecule has 166 valence electrons. The van der Waals surface area contributed by atoms with E-state index >= 15 is 0 Å². The predicted molar refractivity (Wildman–Crippen MR) is 128 cm³/mol. The van der Waals surface area contributed by atoms with Crippen molar-refractivity contribution in [2.45, 2.75) is 19.8 Å². The molecule has 0 aliphatic carbocycles. The molecule has 0 aromatic heterocycles. The first kappa shape index (κ1) is 23.4. The van der Waals surface area contributed by atoms with Gasteiger partial charge < -0.3 is 10.1 Å². The van der Waals surface area contributed by atoms with Gasteiger partial charge in [0, 0.05) is 30.8 Å². The summed E-state index contributed by atoms with van der Waals surface area (Å²) in [7, 11) is 0. The Morgan fingerprint density at radius 2 is 1.91 bits per heavy atom. The number of thiocarbonyl (C=S) groups is 1. The maximum absolute atomic E-state index is 12.7. The molecule has 0 unspecified atom stereocenters. The molecule has 0 bridgehead atoms. The number of rotatable bonds is 9. The van der Waals surface area contributed by atoms with Gasteiger partial charge in [-0.25, -0.2) is 0 Å². The first-order valence-corrected chi connectivity index (χ1v) is 11.1. The van der Waals surface area contributed by atoms with E-state index < -0.39 is 4.92 Å². The van der Waals surface area contributed by atoms with Gasteiger partial charge in [0.1, 0.15) is 10.1 Å². The van der Waals surface area contributed by atoms with Gasteiger partial charge in [-0.15, -0.1) is 0 Å². The number of nitrogens with zero attached hydrogens (tertiary/aromatic N) is 2. The van der Waals surface area contributed by atoms with E-state index in [-0.39, 0.29) is 23.9 Å². The van der Waals surface area contributed by atoms with Gasteiger partial charge in [0.15, 0.2) is 0 Å². The Bertz CT molecular complexity index is 1050. The van der Waals surface area contributed by atoms with Crippen molar-refractivity contribution in [1.29, 1.82) is 0 Å². The van der Waals surface area contributed by atoms with E-state index in [4.69, 9.17) is 17.0 Å². The number of benzene rings is 2. The molecular formula is C22H21N3O5S2. The standard InChI is InChI=1S/C22H21N3O5S2/c1-2-30-18-11-7-16(8-12-18)23-20(26)4-3-13-24-21(27)19(32-22(24)31)14-15-5-9-17(10-6-15)25(28)29/h5-12,14H,2-4,13H2,1H3,(H,23,26)/b19-14-. The molecule has 2 aromatic rings. The highest BCUT2D eigenvalue weighted by Crippen LogP contribution is 2.33. The largest absolute Gasteiger partial charge is 0.494 e. The normalized spacial score (nSPS) is 14.7. The lowest BCUT2D eigenvalue weighted by Gasteiger charge is -2.14. The molecule has 2 amide bonds. The first-order chi connectivity index (χ1) is 15.4. The Morgan fingerprint density at radius 1 is 1.22 bits per heavy atom. The Kier molecular flexibility index (Phi) is 7.96. The van der Waals surface area contributed by atoms with E-state index in [1.54, 1.807) is 42.5 Å². The van der Waals surface area contributed by atoms with E-state index in [0.29, 0.717) is 40.0 Å². The number of hydrogen-bond donors (Lipinski definition) is 1. The molecular weight excluding hydrogens is 450 g/mol. The number of nitro benzene ring substituents is 1. The minimum absolute atomic E-state index is 0.0155. The van der Waals surface area contributed by atoms with Crippen LogP contribution in [0.5, 0.6) is 5.75 Å². The molecule has 8 nitrogen and oxygen atoms in total. The van der Waals surface area contributed by atoms with Gasteiger partial charge in [-0.1, -0.05) is 24.0 Å². The molecule has 1 fully saturated rings. The summed E-state index contributed by atoms with van der Waals surface area (Å²) in [4.78, 5) is 37.1. The second kappa shape index (κ2) is 10.9. The van der Waals surface area contributed by atoms with Crippen molar-refractivity contribution in [2.24, 2.45) is 0 Å². The number of carbonyl (C=O) groups is 2. The lowest BCUT2D eigenvalue weighted by molar-refractivity contribution is -0.384. The zero-order valence-corrected chi connectivity index (χ0v) is 18.9. The highest BCUT2D eigenvalue weighted by molar-refractivity contribution is 8.26. The number of anilines is 1. The van der Waals surface area contributed by atoms with Crippen LogP contribution in [0.15, 0.2) is 53.4 Å². The van der Waals surface area contributed by atoms with Crippen LogP contribution in [-0.4, -0.2) is 39.1 Å². The Morgan fingerprint density at radius 3 is 2.53 bits per heavy atom. The third-order valence-corrected chi connectivity index (χ3v) is 5.89. The molecule has 3 rings (SSSR count). The fourth-order valence-corrected chi connectivity index (χ4v) is 4.27. The summed E-state index contributed by atoms with van der Waals surface area (Å²) < 4.78 is 5.80. The molecule has 1 heterocycles. The zero-order valence-electron chi connectivity index (χ0n) is 17.3. The molecule has 10 heteroatoms. The predicted octanol–water partition coefficient (Wildman–Crippen LogP) is 4.61. The molecule has 0 atom stereocenters. The van der Waals surface area contributed by atoms with Gasteiger partial charge in [-0.2, -0.15) is 0 Å². The number of amides is 2. The van der Waals surface area contributed by atoms with Gasteiger partial charge in [-0.3, -0.25) is 24.6 Å². The van der Waals surface area contributed by atoms with E-state index in [1.165, 1.54) is 28.8 Å². The summed E-state index contributed by atoms with van der Waals surface area (Å²) in [6.45, 7) is 2.81. The number of non-ortho nitro benzene ring substituents is 1. The topological polar surface area (TPSA) is 102 Å². The van der Waals surface area contributed by atoms with Crippen LogP contribution in [0.4, 0.5) is 11.4 Å². The minimum atomic E-state index is -0.477. The fraction of sp³-hybridized carbons (Fsp3) is 0.227. The van der Waals surface area contributed by atoms with Gasteiger partial charge in [-0.05, 0) is 61.4 Å². The minimum Gasteiger partial charge on any atom is -0.494 e. The van der Waals surface area contributed by atoms with E-state index in [1.807, 2.05) is 6.92 Å². The number of nitro groups is 1. The van der Waals surface area contributed by atoms with Crippen molar-refractivity contribution in [3.05, 3.63) is 69.1 Å². The van der Waals surface area contributed by atoms with Crippen LogP contribution >= 0.6 is 24.0 Å². The number of nitrogens with one attached hydrogen (secondary N) is 1. The summed E-state index contributed by atoms with van der Waals surface area (Å²) in [5, 5.41) is 13.6. The summed E-state index contributed by atoms with van der Waals surface area (Å²) >= 11 is 6.49. The lowest BCUT2D eigenvalue weighted by Crippen LogP contribution is -2.29. The van der Waals surface area contributed by atoms with Crippen LogP contribution < -0.4 is 10.1 Å². The number of hydrogen-bond acceptors (Lipinski definition) is 7. The first-order valence-electron chi connectivity index (χ1n) is 9.90. The van der Waals surface area contributed by atoms with Crippen molar-refractivity contribution in [3.8, 4) is 5.75 Å². The van der Waals surface area contributed by atoms with Crippen molar-refractivity contribution < 1.29 is 19.2 Å². The van der Waals surface area contributed by atoms with Crippen LogP contribution in [0.3, 0.4) is 0 Å². The Balaban J connectivity index is 1.50. The van der Waals surface area contributed by atoms with E-state index in [0.717, 1.165) is 5.75 Å². The third kappa shape index (κ3) is 6.14. The molecule has 2 aromatic carbocycles. The van der Waals surface area contributed by atoms with Gasteiger partial charge in [0.05, 0.1) is 16.4 Å². The summed E-state index contributed by atoms with van der Waals surface area (Å²) in [5.74, 6) is 0.355. The maximum Gasteiger partial charge on any atom is 0.269 e. The van der Waals surface area contributed by atoms with Crippen molar-refractivity contribution in [1.82, 2.24) is 4.90 Å². The maximum atomic E-state index is 12.7. The van der Waals surface area contributed by atoms with Crippen molar-refractivity contribution >= 4 is 57.6 Å². The van der Waals surface area contributed by atoms with Gasteiger partial charge in [0.2, 0.25) is 5.91 Å². The molecule has 1 N–H and O–H groups in total. The Labute approximate surface area is 194 Å². The highest BCUT2D eigenvalue weighted by Gasteiger charge is 2.31. The van der Waals surface area contributed by atoms with Crippen LogP contribution in [0, 0.1) is 10.1 Å². The molecule has 0 radical (unpaired) electrons. The lowest BCUT2D eigenvalue weighted by atomic mass is 10.2. The summed E-state index contributed by atoms with van der Waals surface area (Å²) in [6.07, 6.45) is 2.35. The van der Waals surface area contributed by atoms with Crippen molar-refractivity contribution in [3.63, 3.8) is 0 Å². The highest BCUT2D eigenvalue weighted by atomic mass is 32.2. The van der Waals surface area contributed by atoms with E-state index in [2.05, 4.69) is 5.32 Å². The fourth-order valence-electron chi connectivity index (χ4n) is 2.96.